The smallest absolute Gasteiger partial charge is 0.344 e. The summed E-state index contributed by atoms with van der Waals surface area (Å²) in [6.07, 6.45) is 0. The van der Waals surface area contributed by atoms with Gasteiger partial charge in [-0.1, -0.05) is 11.3 Å². The second-order valence-corrected chi connectivity index (χ2v) is 6.56. The van der Waals surface area contributed by atoms with Crippen molar-refractivity contribution in [3.8, 4) is 11.5 Å². The van der Waals surface area contributed by atoms with Gasteiger partial charge in [0.15, 0.2) is 35.8 Å². The molecule has 0 fully saturated rings. The SMILES string of the molecule is COc1ccc(OCC(=O)OCC(=O)Nc2nc3c(F)c(F)c(F)cc3s2)cc1. The van der Waals surface area contributed by atoms with Gasteiger partial charge in [-0.3, -0.25) is 10.1 Å². The second-order valence-electron chi connectivity index (χ2n) is 5.53. The maximum absolute atomic E-state index is 13.7. The van der Waals surface area contributed by atoms with E-state index >= 15 is 0 Å². The summed E-state index contributed by atoms with van der Waals surface area (Å²) in [5.74, 6) is -4.98. The molecule has 2 aromatic carbocycles. The molecule has 0 spiro atoms. The van der Waals surface area contributed by atoms with Gasteiger partial charge in [0, 0.05) is 0 Å². The van der Waals surface area contributed by atoms with E-state index in [1.54, 1.807) is 24.3 Å². The van der Waals surface area contributed by atoms with E-state index < -0.39 is 48.1 Å². The fraction of sp³-hybridized carbons (Fsp3) is 0.167. The number of hydrogen-bond acceptors (Lipinski definition) is 7. The van der Waals surface area contributed by atoms with Crippen molar-refractivity contribution in [2.24, 2.45) is 0 Å². The van der Waals surface area contributed by atoms with Crippen molar-refractivity contribution in [3.63, 3.8) is 0 Å². The highest BCUT2D eigenvalue weighted by Gasteiger charge is 2.18. The second kappa shape index (κ2) is 8.78. The summed E-state index contributed by atoms with van der Waals surface area (Å²) in [5.41, 5.74) is -0.408. The van der Waals surface area contributed by atoms with Gasteiger partial charge in [0.25, 0.3) is 5.91 Å². The maximum atomic E-state index is 13.7. The summed E-state index contributed by atoms with van der Waals surface area (Å²) < 4.78 is 55.1. The molecule has 1 amide bonds. The Bertz CT molecular complexity index is 1060. The Kier molecular flexibility index (Phi) is 6.17. The van der Waals surface area contributed by atoms with Crippen LogP contribution in [0.5, 0.6) is 11.5 Å². The highest BCUT2D eigenvalue weighted by Crippen LogP contribution is 2.30. The lowest BCUT2D eigenvalue weighted by molar-refractivity contribution is -0.149. The largest absolute Gasteiger partial charge is 0.497 e. The molecule has 0 atom stereocenters. The van der Waals surface area contributed by atoms with Crippen LogP contribution in [0.15, 0.2) is 30.3 Å². The van der Waals surface area contributed by atoms with Crippen molar-refractivity contribution < 1.29 is 37.0 Å². The average Bonchev–Trinajstić information content (AvgIpc) is 3.11. The van der Waals surface area contributed by atoms with E-state index in [1.807, 2.05) is 0 Å². The van der Waals surface area contributed by atoms with Crippen molar-refractivity contribution in [1.29, 1.82) is 0 Å². The number of hydrogen-bond donors (Lipinski definition) is 1. The van der Waals surface area contributed by atoms with Crippen molar-refractivity contribution in [2.75, 3.05) is 25.6 Å². The highest BCUT2D eigenvalue weighted by atomic mass is 32.1. The number of rotatable bonds is 7. The maximum Gasteiger partial charge on any atom is 0.344 e. The number of nitrogens with zero attached hydrogens (tertiary/aromatic N) is 1. The minimum absolute atomic E-state index is 0.0154. The number of aromatic nitrogens is 1. The van der Waals surface area contributed by atoms with Gasteiger partial charge in [-0.25, -0.2) is 22.9 Å². The highest BCUT2D eigenvalue weighted by molar-refractivity contribution is 7.22. The van der Waals surface area contributed by atoms with E-state index in [-0.39, 0.29) is 9.83 Å². The Hall–Kier alpha value is -3.34. The number of ether oxygens (including phenoxy) is 3. The topological polar surface area (TPSA) is 86.8 Å². The van der Waals surface area contributed by atoms with Crippen LogP contribution in [-0.4, -0.2) is 37.2 Å². The zero-order chi connectivity index (χ0) is 21.0. The van der Waals surface area contributed by atoms with E-state index in [0.29, 0.717) is 11.5 Å². The van der Waals surface area contributed by atoms with E-state index in [9.17, 15) is 22.8 Å². The zero-order valence-corrected chi connectivity index (χ0v) is 15.6. The Morgan fingerprint density at radius 3 is 2.45 bits per heavy atom. The fourth-order valence-electron chi connectivity index (χ4n) is 2.19. The van der Waals surface area contributed by atoms with Gasteiger partial charge in [0.1, 0.15) is 17.0 Å². The third-order valence-corrected chi connectivity index (χ3v) is 4.47. The van der Waals surface area contributed by atoms with Crippen LogP contribution in [0.2, 0.25) is 0 Å². The molecule has 1 N–H and O–H groups in total. The third-order valence-electron chi connectivity index (χ3n) is 3.55. The summed E-state index contributed by atoms with van der Waals surface area (Å²) in [7, 11) is 1.51. The van der Waals surface area contributed by atoms with Gasteiger partial charge in [-0.15, -0.1) is 0 Å². The first-order valence-electron chi connectivity index (χ1n) is 8.03. The molecule has 11 heteroatoms. The van der Waals surface area contributed by atoms with Crippen molar-refractivity contribution in [1.82, 2.24) is 4.98 Å². The lowest BCUT2D eigenvalue weighted by Crippen LogP contribution is -2.23. The van der Waals surface area contributed by atoms with Gasteiger partial charge < -0.3 is 14.2 Å². The fourth-order valence-corrected chi connectivity index (χ4v) is 3.09. The number of nitrogens with one attached hydrogen (secondary N) is 1. The van der Waals surface area contributed by atoms with Crippen LogP contribution < -0.4 is 14.8 Å². The Balaban J connectivity index is 1.49. The van der Waals surface area contributed by atoms with Crippen LogP contribution >= 0.6 is 11.3 Å². The minimum atomic E-state index is -1.65. The summed E-state index contributed by atoms with van der Waals surface area (Å²) in [6.45, 7) is -1.07. The van der Waals surface area contributed by atoms with Crippen molar-refractivity contribution in [3.05, 3.63) is 47.8 Å². The van der Waals surface area contributed by atoms with Crippen LogP contribution in [0.4, 0.5) is 18.3 Å². The van der Waals surface area contributed by atoms with Crippen LogP contribution in [0.25, 0.3) is 10.2 Å². The summed E-state index contributed by atoms with van der Waals surface area (Å²) >= 11 is 0.742. The lowest BCUT2D eigenvalue weighted by atomic mass is 10.3. The molecule has 1 aromatic heterocycles. The summed E-state index contributed by atoms with van der Waals surface area (Å²) in [4.78, 5) is 27.2. The van der Waals surface area contributed by atoms with Crippen LogP contribution in [0.1, 0.15) is 0 Å². The molecule has 1 heterocycles. The Morgan fingerprint density at radius 2 is 1.76 bits per heavy atom. The molecule has 0 aliphatic heterocycles. The number of benzene rings is 2. The number of amides is 1. The molecule has 3 aromatic rings. The monoisotopic (exact) mass is 426 g/mol. The molecule has 0 aliphatic rings. The molecule has 7 nitrogen and oxygen atoms in total. The zero-order valence-electron chi connectivity index (χ0n) is 14.8. The predicted molar refractivity (Wildman–Crippen MR) is 97.6 cm³/mol. The van der Waals surface area contributed by atoms with Gasteiger partial charge in [0.05, 0.1) is 11.8 Å². The third kappa shape index (κ3) is 4.93. The molecule has 0 saturated heterocycles. The summed E-state index contributed by atoms with van der Waals surface area (Å²) in [5, 5.41) is 2.17. The molecule has 0 radical (unpaired) electrons. The predicted octanol–water partition coefficient (Wildman–Crippen LogP) is 3.28. The van der Waals surface area contributed by atoms with Gasteiger partial charge in [0.2, 0.25) is 0 Å². The number of halogens is 3. The number of carbonyl (C=O) groups is 2. The first kappa shape index (κ1) is 20.4. The number of anilines is 1. The molecule has 3 rings (SSSR count). The number of methoxy groups -OCH3 is 1. The van der Waals surface area contributed by atoms with Crippen LogP contribution in [0, 0.1) is 17.5 Å². The molecule has 0 bridgehead atoms. The Morgan fingerprint density at radius 1 is 1.07 bits per heavy atom. The van der Waals surface area contributed by atoms with Crippen LogP contribution in [0.3, 0.4) is 0 Å². The molecule has 152 valence electrons. The van der Waals surface area contributed by atoms with E-state index in [4.69, 9.17) is 14.2 Å². The number of fused-ring (bicyclic) bond motifs is 1. The molecule has 0 unspecified atom stereocenters. The number of thiazole rings is 1. The number of esters is 1. The van der Waals surface area contributed by atoms with Gasteiger partial charge in [-0.05, 0) is 30.3 Å². The summed E-state index contributed by atoms with van der Waals surface area (Å²) in [6, 6.07) is 7.25. The van der Waals surface area contributed by atoms with Crippen molar-refractivity contribution in [2.45, 2.75) is 0 Å². The first-order chi connectivity index (χ1) is 13.9. The molecular formula is C18H13F3N2O5S. The molecule has 0 aliphatic carbocycles. The van der Waals surface area contributed by atoms with Crippen molar-refractivity contribution >= 4 is 38.6 Å². The van der Waals surface area contributed by atoms with Gasteiger partial charge >= 0.3 is 5.97 Å². The van der Waals surface area contributed by atoms with Crippen LogP contribution in [-0.2, 0) is 14.3 Å². The quantitative estimate of drug-likeness (QED) is 0.461. The normalized spacial score (nSPS) is 10.6. The lowest BCUT2D eigenvalue weighted by Gasteiger charge is -2.07. The Labute approximate surface area is 166 Å². The first-order valence-corrected chi connectivity index (χ1v) is 8.85. The van der Waals surface area contributed by atoms with Gasteiger partial charge in [-0.2, -0.15) is 0 Å². The standard InChI is InChI=1S/C18H13F3N2O5S/c1-26-9-2-4-10(5-3-9)27-8-14(25)28-7-13(24)22-18-23-17-12(29-18)6-11(19)15(20)16(17)21/h2-6H,7-8H2,1H3,(H,22,23,24). The minimum Gasteiger partial charge on any atom is -0.497 e. The van der Waals surface area contributed by atoms with E-state index in [0.717, 1.165) is 17.4 Å². The number of carbonyl (C=O) groups excluding carboxylic acids is 2. The molecular weight excluding hydrogens is 413 g/mol. The molecule has 29 heavy (non-hydrogen) atoms. The van der Waals surface area contributed by atoms with E-state index in [1.165, 1.54) is 7.11 Å². The van der Waals surface area contributed by atoms with E-state index in [2.05, 4.69) is 10.3 Å². The molecule has 0 saturated carbocycles. The average molecular weight is 426 g/mol.